The van der Waals surface area contributed by atoms with E-state index < -0.39 is 70.6 Å². The zero-order valence-electron chi connectivity index (χ0n) is 21.2. The van der Waals surface area contributed by atoms with E-state index in [2.05, 4.69) is 30.9 Å². The number of Topliss-reactive ketones (excluding diaryl/α,β-unsaturated/α-hetero) is 1. The number of aliphatic carboxylic acids is 1. The van der Waals surface area contributed by atoms with Crippen LogP contribution in [-0.4, -0.2) is 81.7 Å². The number of sulfonamides is 1. The molecule has 0 fully saturated rings. The molecule has 1 aromatic heterocycles. The van der Waals surface area contributed by atoms with Crippen molar-refractivity contribution in [2.24, 2.45) is 5.92 Å². The second-order valence-corrected chi connectivity index (χ2v) is 12.3. The van der Waals surface area contributed by atoms with Crippen LogP contribution in [0.5, 0.6) is 0 Å². The van der Waals surface area contributed by atoms with Crippen LogP contribution in [0.15, 0.2) is 28.3 Å². The highest BCUT2D eigenvalue weighted by Gasteiger charge is 2.31. The molecule has 2 rings (SSSR count). The predicted molar refractivity (Wildman–Crippen MR) is 142 cm³/mol. The molecule has 39 heavy (non-hydrogen) atoms. The minimum Gasteiger partial charge on any atom is -0.481 e. The predicted octanol–water partition coefficient (Wildman–Crippen LogP) is 0.738. The number of carbonyl (C=O) groups is 4. The molecule has 1 unspecified atom stereocenters. The number of rotatable bonds is 14. The zero-order valence-corrected chi connectivity index (χ0v) is 24.4. The summed E-state index contributed by atoms with van der Waals surface area (Å²) in [6.07, 6.45) is 0.141. The number of nitrogens with zero attached hydrogens (tertiary/aromatic N) is 4. The van der Waals surface area contributed by atoms with E-state index in [-0.39, 0.29) is 5.16 Å². The first-order valence-corrected chi connectivity index (χ1v) is 14.8. The maximum atomic E-state index is 13.0. The van der Waals surface area contributed by atoms with Crippen molar-refractivity contribution in [2.45, 2.75) is 61.9 Å². The van der Waals surface area contributed by atoms with Gasteiger partial charge in [0.1, 0.15) is 18.6 Å². The van der Waals surface area contributed by atoms with Crippen molar-refractivity contribution in [3.8, 4) is 0 Å². The fourth-order valence-electron chi connectivity index (χ4n) is 3.11. The number of carboxylic acids is 1. The van der Waals surface area contributed by atoms with Crippen LogP contribution < -0.4 is 15.4 Å². The summed E-state index contributed by atoms with van der Waals surface area (Å²) in [5, 5.41) is 25.9. The molecular weight excluding hydrogens is 597 g/mol. The Kier molecular flexibility index (Phi) is 11.7. The highest BCUT2D eigenvalue weighted by Crippen LogP contribution is 2.37. The van der Waals surface area contributed by atoms with Crippen LogP contribution in [-0.2, 0) is 35.7 Å². The fourth-order valence-corrected chi connectivity index (χ4v) is 5.37. The van der Waals surface area contributed by atoms with E-state index in [9.17, 15) is 32.7 Å². The monoisotopic (exact) mass is 623 g/mol. The lowest BCUT2D eigenvalue weighted by Gasteiger charge is -2.24. The molecule has 214 valence electrons. The molecule has 1 aromatic carbocycles. The maximum absolute atomic E-state index is 13.0. The standard InChI is InChI=1S/C21H27Cl2N7O7S2/c1-10(2)17(27-39(4,36)37)20(35)24-11(3)19(34)25-14(8-16(32)33)15(31)9-30-21(26-28-29-30)38-18-12(22)6-5-7-13(18)23/h5-7,10-11,14,17,27H,8-9H2,1-4H3,(H,24,35)(H,25,34)(H,32,33)/t11-,14?,17-/m0/s1. The van der Waals surface area contributed by atoms with E-state index in [1.807, 2.05) is 0 Å². The first-order chi connectivity index (χ1) is 18.1. The lowest BCUT2D eigenvalue weighted by Crippen LogP contribution is -2.56. The van der Waals surface area contributed by atoms with Crippen LogP contribution in [0.2, 0.25) is 10.0 Å². The molecule has 0 spiro atoms. The Labute approximate surface area is 238 Å². The van der Waals surface area contributed by atoms with Crippen molar-refractivity contribution in [3.05, 3.63) is 28.2 Å². The number of hydrogen-bond donors (Lipinski definition) is 4. The summed E-state index contributed by atoms with van der Waals surface area (Å²) in [7, 11) is -3.72. The van der Waals surface area contributed by atoms with E-state index in [1.165, 1.54) is 6.92 Å². The average molecular weight is 625 g/mol. The number of amides is 2. The topological polar surface area (TPSA) is 202 Å². The Morgan fingerprint density at radius 3 is 2.23 bits per heavy atom. The van der Waals surface area contributed by atoms with Gasteiger partial charge in [0.05, 0.1) is 33.7 Å². The van der Waals surface area contributed by atoms with Gasteiger partial charge in [0.15, 0.2) is 5.78 Å². The van der Waals surface area contributed by atoms with E-state index >= 15 is 0 Å². The van der Waals surface area contributed by atoms with E-state index in [1.54, 1.807) is 32.0 Å². The van der Waals surface area contributed by atoms with Gasteiger partial charge in [0.25, 0.3) is 0 Å². The molecule has 0 saturated heterocycles. The van der Waals surface area contributed by atoms with Gasteiger partial charge in [-0.15, -0.1) is 5.10 Å². The minimum atomic E-state index is -3.72. The first-order valence-electron chi connectivity index (χ1n) is 11.3. The summed E-state index contributed by atoms with van der Waals surface area (Å²) in [5.74, 6) is -4.17. The number of carboxylic acid groups (broad SMARTS) is 1. The molecule has 2 aromatic rings. The molecule has 18 heteroatoms. The molecule has 0 aliphatic carbocycles. The van der Waals surface area contributed by atoms with Gasteiger partial charge in [-0.25, -0.2) is 17.8 Å². The first kappa shape index (κ1) is 32.4. The SMILES string of the molecule is CC(C)[C@H](NS(C)(=O)=O)C(=O)N[C@@H](C)C(=O)NC(CC(=O)O)C(=O)Cn1nnnc1Sc1c(Cl)cccc1Cl. The molecular formula is C21H27Cl2N7O7S2. The second-order valence-electron chi connectivity index (χ2n) is 8.74. The number of aromatic nitrogens is 4. The van der Waals surface area contributed by atoms with Crippen LogP contribution in [0.25, 0.3) is 0 Å². The largest absolute Gasteiger partial charge is 0.481 e. The quantitative estimate of drug-likeness (QED) is 0.231. The molecule has 3 atom stereocenters. The normalized spacial score (nSPS) is 13.9. The number of carbonyl (C=O) groups excluding carboxylic acids is 3. The number of halogens is 2. The molecule has 0 saturated carbocycles. The molecule has 2 amide bonds. The van der Waals surface area contributed by atoms with Crippen LogP contribution in [0.4, 0.5) is 0 Å². The number of ketones is 1. The van der Waals surface area contributed by atoms with E-state index in [4.69, 9.17) is 23.2 Å². The van der Waals surface area contributed by atoms with Gasteiger partial charge in [-0.1, -0.05) is 43.1 Å². The summed E-state index contributed by atoms with van der Waals surface area (Å²) in [5.41, 5.74) is 0. The minimum absolute atomic E-state index is 0.137. The molecule has 0 aliphatic rings. The average Bonchev–Trinajstić information content (AvgIpc) is 3.24. The van der Waals surface area contributed by atoms with Crippen LogP contribution in [0, 0.1) is 5.92 Å². The van der Waals surface area contributed by atoms with Crippen LogP contribution in [0.1, 0.15) is 27.2 Å². The fraction of sp³-hybridized carbons (Fsp3) is 0.476. The number of hydrogen-bond acceptors (Lipinski definition) is 10. The molecule has 0 aliphatic heterocycles. The third-order valence-electron chi connectivity index (χ3n) is 5.04. The van der Waals surface area contributed by atoms with E-state index in [0.717, 1.165) is 22.7 Å². The smallest absolute Gasteiger partial charge is 0.305 e. The number of nitrogens with one attached hydrogen (secondary N) is 3. The maximum Gasteiger partial charge on any atom is 0.305 e. The third-order valence-corrected chi connectivity index (χ3v) is 7.70. The Morgan fingerprint density at radius 2 is 1.69 bits per heavy atom. The Hall–Kier alpha value is -2.79. The van der Waals surface area contributed by atoms with Gasteiger partial charge in [-0.3, -0.25) is 19.2 Å². The Bertz CT molecular complexity index is 1320. The van der Waals surface area contributed by atoms with Crippen molar-refractivity contribution in [2.75, 3.05) is 6.26 Å². The summed E-state index contributed by atoms with van der Waals surface area (Å²) in [6, 6.07) is 0.979. The van der Waals surface area contributed by atoms with E-state index in [0.29, 0.717) is 14.9 Å². The van der Waals surface area contributed by atoms with Crippen molar-refractivity contribution in [1.82, 2.24) is 35.6 Å². The number of benzene rings is 1. The summed E-state index contributed by atoms with van der Waals surface area (Å²) < 4.78 is 26.5. The lowest BCUT2D eigenvalue weighted by atomic mass is 10.0. The van der Waals surface area contributed by atoms with Gasteiger partial charge >= 0.3 is 5.97 Å². The van der Waals surface area contributed by atoms with Gasteiger partial charge in [0.2, 0.25) is 27.0 Å². The highest BCUT2D eigenvalue weighted by atomic mass is 35.5. The van der Waals surface area contributed by atoms with Gasteiger partial charge < -0.3 is 15.7 Å². The van der Waals surface area contributed by atoms with Crippen molar-refractivity contribution >= 4 is 68.6 Å². The number of tetrazole rings is 1. The van der Waals surface area contributed by atoms with Crippen molar-refractivity contribution in [3.63, 3.8) is 0 Å². The van der Waals surface area contributed by atoms with Crippen molar-refractivity contribution < 1.29 is 32.7 Å². The summed E-state index contributed by atoms with van der Waals surface area (Å²) in [4.78, 5) is 50.2. The zero-order chi connectivity index (χ0) is 29.5. The third kappa shape index (κ3) is 10.0. The van der Waals surface area contributed by atoms with Gasteiger partial charge in [-0.05, 0) is 47.2 Å². The van der Waals surface area contributed by atoms with Crippen molar-refractivity contribution in [1.29, 1.82) is 0 Å². The summed E-state index contributed by atoms with van der Waals surface area (Å²) >= 11 is 13.3. The second kappa shape index (κ2) is 14.0. The Balaban J connectivity index is 2.13. The van der Waals surface area contributed by atoms with Gasteiger partial charge in [0, 0.05) is 0 Å². The molecule has 0 bridgehead atoms. The Morgan fingerprint density at radius 1 is 1.08 bits per heavy atom. The summed E-state index contributed by atoms with van der Waals surface area (Å²) in [6.45, 7) is 4.03. The molecule has 0 radical (unpaired) electrons. The molecule has 4 N–H and O–H groups in total. The molecule has 1 heterocycles. The van der Waals surface area contributed by atoms with Crippen LogP contribution >= 0.6 is 35.0 Å². The molecule has 14 nitrogen and oxygen atoms in total. The van der Waals surface area contributed by atoms with Gasteiger partial charge in [-0.2, -0.15) is 0 Å². The highest BCUT2D eigenvalue weighted by molar-refractivity contribution is 7.99. The lowest BCUT2D eigenvalue weighted by molar-refractivity contribution is -0.140. The van der Waals surface area contributed by atoms with Crippen LogP contribution in [0.3, 0.4) is 0 Å².